The number of carbonyl (C=O) groups is 2. The van der Waals surface area contributed by atoms with Crippen LogP contribution >= 0.6 is 11.3 Å². The minimum atomic E-state index is -0.478. The van der Waals surface area contributed by atoms with Gasteiger partial charge < -0.3 is 15.2 Å². The number of hydrogen-bond acceptors (Lipinski definition) is 4. The van der Waals surface area contributed by atoms with Crippen LogP contribution in [0.4, 0.5) is 9.39 Å². The molecule has 0 fully saturated rings. The highest BCUT2D eigenvalue weighted by molar-refractivity contribution is 7.18. The summed E-state index contributed by atoms with van der Waals surface area (Å²) in [6.07, 6.45) is 1.84. The number of aryl methyl sites for hydroxylation is 1. The van der Waals surface area contributed by atoms with Gasteiger partial charge in [-0.05, 0) is 60.0 Å². The molecule has 0 aliphatic carbocycles. The first kappa shape index (κ1) is 23.4. The third-order valence-corrected chi connectivity index (χ3v) is 6.96. The summed E-state index contributed by atoms with van der Waals surface area (Å²) in [5.74, 6) is -1.11. The second kappa shape index (κ2) is 10.1. The molecule has 0 aliphatic rings. The number of benzene rings is 3. The normalized spacial score (nSPS) is 10.9. The number of nitrogens with zero attached hydrogens (tertiary/aromatic N) is 2. The Morgan fingerprint density at radius 3 is 2.53 bits per heavy atom. The van der Waals surface area contributed by atoms with Gasteiger partial charge in [0.1, 0.15) is 5.82 Å². The van der Waals surface area contributed by atoms with Crippen molar-refractivity contribution in [3.8, 4) is 0 Å². The van der Waals surface area contributed by atoms with Gasteiger partial charge in [-0.15, -0.1) is 11.3 Å². The van der Waals surface area contributed by atoms with Crippen molar-refractivity contribution in [3.05, 3.63) is 118 Å². The molecule has 5 rings (SSSR count). The molecule has 2 aromatic heterocycles. The maximum absolute atomic E-state index is 13.4. The fraction of sp³-hybridized carbons (Fsp3) is 0.107. The maximum Gasteiger partial charge on any atom is 0.261 e. The summed E-state index contributed by atoms with van der Waals surface area (Å²) < 4.78 is 15.5. The molecule has 0 bridgehead atoms. The van der Waals surface area contributed by atoms with Crippen LogP contribution < -0.4 is 10.6 Å². The highest BCUT2D eigenvalue weighted by Crippen LogP contribution is 2.27. The van der Waals surface area contributed by atoms with E-state index in [0.29, 0.717) is 23.0 Å². The van der Waals surface area contributed by atoms with Gasteiger partial charge in [0.25, 0.3) is 11.8 Å². The molecule has 0 atom stereocenters. The second-order valence-corrected chi connectivity index (χ2v) is 9.50. The zero-order valence-electron chi connectivity index (χ0n) is 19.5. The molecule has 0 saturated heterocycles. The van der Waals surface area contributed by atoms with Crippen molar-refractivity contribution in [2.75, 3.05) is 5.32 Å². The van der Waals surface area contributed by atoms with E-state index in [9.17, 15) is 14.0 Å². The molecule has 6 nitrogen and oxygen atoms in total. The van der Waals surface area contributed by atoms with E-state index in [2.05, 4.69) is 26.3 Å². The van der Waals surface area contributed by atoms with E-state index in [4.69, 9.17) is 0 Å². The number of halogens is 1. The van der Waals surface area contributed by atoms with Crippen molar-refractivity contribution >= 4 is 39.2 Å². The Balaban J connectivity index is 1.18. The van der Waals surface area contributed by atoms with Crippen LogP contribution in [-0.4, -0.2) is 21.4 Å². The standard InChI is InChI=1S/C28H23FN4O2S/c1-18-13-25(32-27(34)21-5-4-6-22(29)14-21)36-26(18)28(35)30-15-19-9-11-20(12-10-19)16-33-17-31-23-7-2-3-8-24(23)33/h2-14,17H,15-16H2,1H3,(H,30,35)(H,32,34). The average molecular weight is 499 g/mol. The van der Waals surface area contributed by atoms with E-state index in [-0.39, 0.29) is 11.5 Å². The third-order valence-electron chi connectivity index (χ3n) is 5.80. The number of imidazole rings is 1. The second-order valence-electron chi connectivity index (χ2n) is 8.45. The van der Waals surface area contributed by atoms with E-state index in [1.165, 1.54) is 35.6 Å². The molecule has 0 aliphatic heterocycles. The summed E-state index contributed by atoms with van der Waals surface area (Å²) in [6, 6.07) is 23.3. The predicted molar refractivity (Wildman–Crippen MR) is 140 cm³/mol. The average Bonchev–Trinajstić information content (AvgIpc) is 3.46. The van der Waals surface area contributed by atoms with Gasteiger partial charge in [-0.3, -0.25) is 9.59 Å². The SMILES string of the molecule is Cc1cc(NC(=O)c2cccc(F)c2)sc1C(=O)NCc1ccc(Cn2cnc3ccccc32)cc1. The molecule has 180 valence electrons. The van der Waals surface area contributed by atoms with Crippen LogP contribution in [0.5, 0.6) is 0 Å². The number of nitrogens with one attached hydrogen (secondary N) is 2. The van der Waals surface area contributed by atoms with Crippen LogP contribution in [0.25, 0.3) is 11.0 Å². The minimum Gasteiger partial charge on any atom is -0.347 e. The molecule has 2 heterocycles. The monoisotopic (exact) mass is 498 g/mol. The van der Waals surface area contributed by atoms with Crippen molar-refractivity contribution < 1.29 is 14.0 Å². The third kappa shape index (κ3) is 5.18. The van der Waals surface area contributed by atoms with Gasteiger partial charge in [0.15, 0.2) is 0 Å². The summed E-state index contributed by atoms with van der Waals surface area (Å²) in [4.78, 5) is 30.1. The number of fused-ring (bicyclic) bond motifs is 1. The number of amides is 2. The Bertz CT molecular complexity index is 1560. The summed E-state index contributed by atoms with van der Waals surface area (Å²) in [6.45, 7) is 2.92. The number of hydrogen-bond donors (Lipinski definition) is 2. The zero-order valence-corrected chi connectivity index (χ0v) is 20.3. The van der Waals surface area contributed by atoms with Crippen molar-refractivity contribution in [2.45, 2.75) is 20.0 Å². The van der Waals surface area contributed by atoms with Crippen LogP contribution in [0, 0.1) is 12.7 Å². The van der Waals surface area contributed by atoms with Crippen LogP contribution in [-0.2, 0) is 13.1 Å². The molecule has 0 unspecified atom stereocenters. The summed E-state index contributed by atoms with van der Waals surface area (Å²) in [5.41, 5.74) is 5.16. The lowest BCUT2D eigenvalue weighted by atomic mass is 10.1. The molecule has 36 heavy (non-hydrogen) atoms. The Labute approximate surface area is 211 Å². The van der Waals surface area contributed by atoms with E-state index in [1.807, 2.05) is 55.7 Å². The number of thiophene rings is 1. The topological polar surface area (TPSA) is 76.0 Å². The van der Waals surface area contributed by atoms with Crippen LogP contribution in [0.15, 0.2) is 85.2 Å². The number of rotatable bonds is 7. The van der Waals surface area contributed by atoms with Gasteiger partial charge in [-0.2, -0.15) is 0 Å². The van der Waals surface area contributed by atoms with Gasteiger partial charge in [0.05, 0.1) is 27.2 Å². The molecule has 0 saturated carbocycles. The van der Waals surface area contributed by atoms with Gasteiger partial charge in [0.2, 0.25) is 0 Å². The van der Waals surface area contributed by atoms with Crippen molar-refractivity contribution in [1.29, 1.82) is 0 Å². The van der Waals surface area contributed by atoms with Crippen LogP contribution in [0.2, 0.25) is 0 Å². The molecule has 5 aromatic rings. The van der Waals surface area contributed by atoms with E-state index < -0.39 is 11.7 Å². The largest absolute Gasteiger partial charge is 0.347 e. The summed E-state index contributed by atoms with van der Waals surface area (Å²) >= 11 is 1.19. The van der Waals surface area contributed by atoms with E-state index in [1.54, 1.807) is 6.07 Å². The van der Waals surface area contributed by atoms with Gasteiger partial charge in [-0.25, -0.2) is 9.37 Å². The summed E-state index contributed by atoms with van der Waals surface area (Å²) in [5, 5.41) is 6.21. The Morgan fingerprint density at radius 2 is 1.72 bits per heavy atom. The van der Waals surface area contributed by atoms with E-state index in [0.717, 1.165) is 27.7 Å². The Morgan fingerprint density at radius 1 is 0.944 bits per heavy atom. The van der Waals surface area contributed by atoms with Crippen molar-refractivity contribution in [1.82, 2.24) is 14.9 Å². The minimum absolute atomic E-state index is 0.210. The number of para-hydroxylation sites is 2. The zero-order chi connectivity index (χ0) is 25.1. The lowest BCUT2D eigenvalue weighted by molar-refractivity contribution is 0.0953. The molecule has 0 spiro atoms. The first-order chi connectivity index (χ1) is 17.5. The van der Waals surface area contributed by atoms with Crippen molar-refractivity contribution in [2.24, 2.45) is 0 Å². The van der Waals surface area contributed by atoms with Crippen LogP contribution in [0.3, 0.4) is 0 Å². The smallest absolute Gasteiger partial charge is 0.261 e. The highest BCUT2D eigenvalue weighted by Gasteiger charge is 2.16. The van der Waals surface area contributed by atoms with Gasteiger partial charge in [-0.1, -0.05) is 42.5 Å². The number of carbonyl (C=O) groups excluding carboxylic acids is 2. The fourth-order valence-electron chi connectivity index (χ4n) is 3.94. The molecule has 0 radical (unpaired) electrons. The van der Waals surface area contributed by atoms with Crippen molar-refractivity contribution in [3.63, 3.8) is 0 Å². The Kier molecular flexibility index (Phi) is 6.60. The predicted octanol–water partition coefficient (Wildman–Crippen LogP) is 5.78. The lowest BCUT2D eigenvalue weighted by Gasteiger charge is -2.08. The fourth-order valence-corrected chi connectivity index (χ4v) is 4.93. The number of aromatic nitrogens is 2. The maximum atomic E-state index is 13.4. The quantitative estimate of drug-likeness (QED) is 0.299. The first-order valence-electron chi connectivity index (χ1n) is 11.4. The van der Waals surface area contributed by atoms with E-state index >= 15 is 0 Å². The van der Waals surface area contributed by atoms with Gasteiger partial charge in [0, 0.05) is 18.7 Å². The lowest BCUT2D eigenvalue weighted by Crippen LogP contribution is -2.22. The van der Waals surface area contributed by atoms with Crippen LogP contribution in [0.1, 0.15) is 36.7 Å². The molecular weight excluding hydrogens is 475 g/mol. The number of anilines is 1. The molecule has 2 N–H and O–H groups in total. The molecule has 3 aromatic carbocycles. The highest BCUT2D eigenvalue weighted by atomic mass is 32.1. The first-order valence-corrected chi connectivity index (χ1v) is 12.2. The Hall–Kier alpha value is -4.30. The van der Waals surface area contributed by atoms with Gasteiger partial charge >= 0.3 is 0 Å². The molecule has 2 amide bonds. The summed E-state index contributed by atoms with van der Waals surface area (Å²) in [7, 11) is 0. The molecular formula is C28H23FN4O2S. The molecule has 8 heteroatoms.